The summed E-state index contributed by atoms with van der Waals surface area (Å²) in [6, 6.07) is 8.15. The molecular weight excluding hydrogens is 342 g/mol. The Kier molecular flexibility index (Phi) is 5.60. The van der Waals surface area contributed by atoms with Crippen LogP contribution in [-0.2, 0) is 14.6 Å². The van der Waals surface area contributed by atoms with E-state index in [4.69, 9.17) is 4.74 Å². The van der Waals surface area contributed by atoms with Crippen LogP contribution in [0.1, 0.15) is 27.5 Å². The molecule has 0 saturated heterocycles. The monoisotopic (exact) mass is 357 g/mol. The highest BCUT2D eigenvalue weighted by atomic mass is 32.2. The van der Waals surface area contributed by atoms with Crippen molar-refractivity contribution in [2.75, 3.05) is 12.4 Å². The number of carbonyl (C=O) groups excluding carboxylic acids is 1. The number of benzene rings is 1. The Morgan fingerprint density at radius 3 is 2.68 bits per heavy atom. The van der Waals surface area contributed by atoms with Gasteiger partial charge < -0.3 is 4.74 Å². The van der Waals surface area contributed by atoms with Crippen molar-refractivity contribution in [3.05, 3.63) is 46.4 Å². The number of sulfone groups is 1. The molecule has 0 N–H and O–H groups in total. The zero-order valence-electron chi connectivity index (χ0n) is 11.8. The molecule has 2 aromatic rings. The third-order valence-electron chi connectivity index (χ3n) is 2.85. The summed E-state index contributed by atoms with van der Waals surface area (Å²) < 4.78 is 29.6. The minimum atomic E-state index is -3.49. The molecule has 0 aliphatic heterocycles. The molecule has 1 aromatic carbocycles. The van der Waals surface area contributed by atoms with E-state index < -0.39 is 21.1 Å². The molecule has 0 spiro atoms. The van der Waals surface area contributed by atoms with Gasteiger partial charge in [0.15, 0.2) is 15.5 Å². The first kappa shape index (κ1) is 17.0. The average Bonchev–Trinajstić information content (AvgIpc) is 2.97. The van der Waals surface area contributed by atoms with E-state index in [2.05, 4.69) is 17.6 Å². The number of rotatable bonds is 6. The topological polar surface area (TPSA) is 73.3 Å². The molecule has 118 valence electrons. The maximum Gasteiger partial charge on any atom is 0.358 e. The van der Waals surface area contributed by atoms with Gasteiger partial charge in [0.05, 0.1) is 32.9 Å². The summed E-state index contributed by atoms with van der Waals surface area (Å²) in [4.78, 5) is 16.5. The smallest absolute Gasteiger partial charge is 0.358 e. The van der Waals surface area contributed by atoms with Crippen molar-refractivity contribution < 1.29 is 17.9 Å². The van der Waals surface area contributed by atoms with E-state index in [1.54, 1.807) is 25.1 Å². The van der Waals surface area contributed by atoms with E-state index >= 15 is 0 Å². The molecule has 8 heteroatoms. The molecule has 0 aliphatic rings. The van der Waals surface area contributed by atoms with Crippen LogP contribution in [0, 0.1) is 0 Å². The summed E-state index contributed by atoms with van der Waals surface area (Å²) in [6.45, 7) is 1.93. The van der Waals surface area contributed by atoms with Crippen molar-refractivity contribution in [2.45, 2.75) is 17.1 Å². The quantitative estimate of drug-likeness (QED) is 0.636. The van der Waals surface area contributed by atoms with Crippen LogP contribution in [0.25, 0.3) is 0 Å². The molecule has 1 unspecified atom stereocenters. The predicted octanol–water partition coefficient (Wildman–Crippen LogP) is 2.76. The molecule has 0 fully saturated rings. The molecule has 1 atom stereocenters. The van der Waals surface area contributed by atoms with E-state index in [1.807, 2.05) is 0 Å². The fourth-order valence-electron chi connectivity index (χ4n) is 1.85. The zero-order valence-corrected chi connectivity index (χ0v) is 14.3. The number of carbonyl (C=O) groups is 1. The second-order valence-corrected chi connectivity index (χ2v) is 7.94. The van der Waals surface area contributed by atoms with Crippen LogP contribution in [-0.4, -0.2) is 31.7 Å². The molecule has 5 nitrogen and oxygen atoms in total. The van der Waals surface area contributed by atoms with Gasteiger partial charge in [-0.3, -0.25) is 0 Å². The molecule has 2 rings (SSSR count). The Labute approximate surface area is 138 Å². The number of thiazole rings is 1. The molecule has 0 aliphatic carbocycles. The lowest BCUT2D eigenvalue weighted by molar-refractivity contribution is 0.0519. The first-order valence-electron chi connectivity index (χ1n) is 6.52. The van der Waals surface area contributed by atoms with Crippen LogP contribution < -0.4 is 0 Å². The van der Waals surface area contributed by atoms with E-state index in [1.165, 1.54) is 29.0 Å². The van der Waals surface area contributed by atoms with Crippen LogP contribution in [0.3, 0.4) is 0 Å². The maximum absolute atomic E-state index is 12.4. The molecule has 1 heterocycles. The molecule has 1 aromatic heterocycles. The van der Waals surface area contributed by atoms with Gasteiger partial charge in [-0.2, -0.15) is 12.6 Å². The summed E-state index contributed by atoms with van der Waals surface area (Å²) in [5, 5.41) is -0.642. The summed E-state index contributed by atoms with van der Waals surface area (Å²) in [5.74, 6) is -0.774. The van der Waals surface area contributed by atoms with Crippen LogP contribution in [0.4, 0.5) is 0 Å². The van der Waals surface area contributed by atoms with Crippen molar-refractivity contribution in [3.63, 3.8) is 0 Å². The van der Waals surface area contributed by atoms with Crippen molar-refractivity contribution in [1.82, 2.24) is 4.98 Å². The number of ether oxygens (including phenoxy) is 1. The van der Waals surface area contributed by atoms with E-state index in [0.29, 0.717) is 4.88 Å². The summed E-state index contributed by atoms with van der Waals surface area (Å²) >= 11 is 5.54. The highest BCUT2D eigenvalue weighted by Crippen LogP contribution is 2.30. The van der Waals surface area contributed by atoms with Gasteiger partial charge in [0.25, 0.3) is 0 Å². The SMILES string of the molecule is CCOC(=O)c1ncsc1C(S)CS(=O)(=O)c1ccccc1. The van der Waals surface area contributed by atoms with Crippen molar-refractivity contribution in [2.24, 2.45) is 0 Å². The number of thiol groups is 1. The Hall–Kier alpha value is -1.38. The van der Waals surface area contributed by atoms with E-state index in [0.717, 1.165) is 0 Å². The first-order valence-corrected chi connectivity index (χ1v) is 9.57. The number of esters is 1. The Bertz CT molecular complexity index is 740. The van der Waals surface area contributed by atoms with Crippen LogP contribution in [0.5, 0.6) is 0 Å². The van der Waals surface area contributed by atoms with Crippen molar-refractivity contribution in [1.29, 1.82) is 0 Å². The predicted molar refractivity (Wildman–Crippen MR) is 88.3 cm³/mol. The average molecular weight is 357 g/mol. The lowest BCUT2D eigenvalue weighted by Gasteiger charge is -2.11. The number of hydrogen-bond acceptors (Lipinski definition) is 7. The van der Waals surface area contributed by atoms with Crippen molar-refractivity contribution in [3.8, 4) is 0 Å². The van der Waals surface area contributed by atoms with Crippen LogP contribution in [0.2, 0.25) is 0 Å². The van der Waals surface area contributed by atoms with E-state index in [-0.39, 0.29) is 22.9 Å². The largest absolute Gasteiger partial charge is 0.461 e. The van der Waals surface area contributed by atoms with Crippen LogP contribution in [0.15, 0.2) is 40.7 Å². The molecular formula is C14H15NO4S3. The van der Waals surface area contributed by atoms with Gasteiger partial charge in [-0.1, -0.05) is 18.2 Å². The van der Waals surface area contributed by atoms with Gasteiger partial charge in [-0.25, -0.2) is 18.2 Å². The van der Waals surface area contributed by atoms with Gasteiger partial charge in [0.1, 0.15) is 0 Å². The second-order valence-electron chi connectivity index (χ2n) is 4.40. The van der Waals surface area contributed by atoms with Gasteiger partial charge in [0.2, 0.25) is 0 Å². The fraction of sp³-hybridized carbons (Fsp3) is 0.286. The molecule has 22 heavy (non-hydrogen) atoms. The summed E-state index contributed by atoms with van der Waals surface area (Å²) in [6.07, 6.45) is 0. The molecule has 0 amide bonds. The fourth-order valence-corrected chi connectivity index (χ4v) is 4.96. The van der Waals surface area contributed by atoms with E-state index in [9.17, 15) is 13.2 Å². The molecule has 0 bridgehead atoms. The number of aromatic nitrogens is 1. The summed E-state index contributed by atoms with van der Waals surface area (Å²) in [7, 11) is -3.49. The minimum absolute atomic E-state index is 0.134. The molecule has 0 radical (unpaired) electrons. The Morgan fingerprint density at radius 1 is 1.36 bits per heavy atom. The standard InChI is InChI=1S/C14H15NO4S3/c1-2-19-14(16)12-13(21-9-15-12)11(20)8-22(17,18)10-6-4-3-5-7-10/h3-7,9,11,20H,2,8H2,1H3. The van der Waals surface area contributed by atoms with Gasteiger partial charge in [-0.15, -0.1) is 11.3 Å². The highest BCUT2D eigenvalue weighted by molar-refractivity contribution is 7.92. The zero-order chi connectivity index (χ0) is 16.2. The van der Waals surface area contributed by atoms with Gasteiger partial charge >= 0.3 is 5.97 Å². The van der Waals surface area contributed by atoms with Crippen LogP contribution >= 0.6 is 24.0 Å². The molecule has 0 saturated carbocycles. The summed E-state index contributed by atoms with van der Waals surface area (Å²) in [5.41, 5.74) is 1.62. The highest BCUT2D eigenvalue weighted by Gasteiger charge is 2.26. The second kappa shape index (κ2) is 7.26. The van der Waals surface area contributed by atoms with Crippen molar-refractivity contribution >= 4 is 39.8 Å². The van der Waals surface area contributed by atoms with Gasteiger partial charge in [0, 0.05) is 0 Å². The van der Waals surface area contributed by atoms with Gasteiger partial charge in [-0.05, 0) is 19.1 Å². The Balaban J connectivity index is 2.22. The number of nitrogens with zero attached hydrogens (tertiary/aromatic N) is 1. The first-order chi connectivity index (χ1) is 10.5. The number of hydrogen-bond donors (Lipinski definition) is 1. The Morgan fingerprint density at radius 2 is 2.05 bits per heavy atom. The normalized spacial score (nSPS) is 12.8. The lowest BCUT2D eigenvalue weighted by Crippen LogP contribution is -2.14. The minimum Gasteiger partial charge on any atom is -0.461 e. The lowest BCUT2D eigenvalue weighted by atomic mass is 10.3. The third-order valence-corrected chi connectivity index (χ3v) is 6.41. The maximum atomic E-state index is 12.4. The third kappa shape index (κ3) is 3.88.